The Morgan fingerprint density at radius 2 is 2.04 bits per heavy atom. The lowest BCUT2D eigenvalue weighted by Gasteiger charge is -2.23. The molecule has 0 spiro atoms. The summed E-state index contributed by atoms with van der Waals surface area (Å²) in [6, 6.07) is 4.95. The number of nitrogens with one attached hydrogen (secondary N) is 2. The minimum absolute atomic E-state index is 0.0585. The molecule has 5 nitrogen and oxygen atoms in total. The topological polar surface area (TPSA) is 75.3 Å². The Morgan fingerprint density at radius 1 is 1.26 bits per heavy atom. The molecule has 1 amide bonds. The molecule has 2 aliphatic rings. The highest BCUT2D eigenvalue weighted by atomic mass is 32.2. The SMILES string of the molecule is CSc1ccc(S(=O)(=O)N[C@@H]2C[C@H]3CC[C@@H]2C3)cc1NC(C)=O. The number of thioether (sulfide) groups is 1. The number of hydrogen-bond acceptors (Lipinski definition) is 4. The van der Waals surface area contributed by atoms with Crippen molar-refractivity contribution in [3.05, 3.63) is 18.2 Å². The normalized spacial score (nSPS) is 26.4. The van der Waals surface area contributed by atoms with Crippen LogP contribution in [0.1, 0.15) is 32.6 Å². The van der Waals surface area contributed by atoms with Gasteiger partial charge in [-0.15, -0.1) is 11.8 Å². The summed E-state index contributed by atoms with van der Waals surface area (Å²) in [7, 11) is -3.56. The lowest BCUT2D eigenvalue weighted by atomic mass is 9.96. The summed E-state index contributed by atoms with van der Waals surface area (Å²) >= 11 is 1.47. The predicted molar refractivity (Wildman–Crippen MR) is 92.1 cm³/mol. The number of amides is 1. The predicted octanol–water partition coefficient (Wildman–Crippen LogP) is 2.83. The van der Waals surface area contributed by atoms with Crippen LogP contribution in [0.25, 0.3) is 0 Å². The van der Waals surface area contributed by atoms with Crippen molar-refractivity contribution >= 4 is 33.4 Å². The standard InChI is InChI=1S/C16H22N2O3S2/c1-10(19)17-15-9-13(5-6-16(15)22-2)23(20,21)18-14-8-11-3-4-12(14)7-11/h5-6,9,11-12,14,18H,3-4,7-8H2,1-2H3,(H,17,19)/t11-,12+,14+/m0/s1. The maximum Gasteiger partial charge on any atom is 0.240 e. The monoisotopic (exact) mass is 354 g/mol. The molecule has 3 rings (SSSR count). The van der Waals surface area contributed by atoms with E-state index in [1.165, 1.54) is 25.1 Å². The third-order valence-electron chi connectivity index (χ3n) is 4.84. The minimum atomic E-state index is -3.56. The van der Waals surface area contributed by atoms with Gasteiger partial charge < -0.3 is 5.32 Å². The smallest absolute Gasteiger partial charge is 0.240 e. The molecule has 7 heteroatoms. The first-order valence-electron chi connectivity index (χ1n) is 7.87. The first-order valence-corrected chi connectivity index (χ1v) is 10.6. The van der Waals surface area contributed by atoms with Crippen LogP contribution < -0.4 is 10.0 Å². The molecule has 2 fully saturated rings. The van der Waals surface area contributed by atoms with E-state index in [0.717, 1.165) is 24.2 Å². The second-order valence-corrected chi connectivity index (χ2v) is 9.01. The van der Waals surface area contributed by atoms with Gasteiger partial charge in [-0.3, -0.25) is 4.79 Å². The van der Waals surface area contributed by atoms with Crippen LogP contribution in [0, 0.1) is 11.8 Å². The van der Waals surface area contributed by atoms with Gasteiger partial charge in [0.1, 0.15) is 0 Å². The molecular weight excluding hydrogens is 332 g/mol. The summed E-state index contributed by atoms with van der Waals surface area (Å²) in [5.41, 5.74) is 0.542. The van der Waals surface area contributed by atoms with Crippen molar-refractivity contribution in [1.29, 1.82) is 0 Å². The van der Waals surface area contributed by atoms with Crippen LogP contribution in [-0.4, -0.2) is 26.6 Å². The van der Waals surface area contributed by atoms with Crippen molar-refractivity contribution in [2.45, 2.75) is 48.4 Å². The van der Waals surface area contributed by atoms with Crippen LogP contribution in [0.5, 0.6) is 0 Å². The lowest BCUT2D eigenvalue weighted by molar-refractivity contribution is -0.114. The van der Waals surface area contributed by atoms with Gasteiger partial charge in [-0.25, -0.2) is 13.1 Å². The molecule has 23 heavy (non-hydrogen) atoms. The van der Waals surface area contributed by atoms with Crippen LogP contribution in [-0.2, 0) is 14.8 Å². The molecule has 2 bridgehead atoms. The van der Waals surface area contributed by atoms with Gasteiger partial charge in [0.25, 0.3) is 0 Å². The first-order chi connectivity index (χ1) is 10.9. The second kappa shape index (κ2) is 6.45. The fourth-order valence-corrected chi connectivity index (χ4v) is 5.68. The molecule has 0 radical (unpaired) electrons. The number of fused-ring (bicyclic) bond motifs is 2. The van der Waals surface area contributed by atoms with Crippen LogP contribution in [0.2, 0.25) is 0 Å². The van der Waals surface area contributed by atoms with Crippen LogP contribution in [0.4, 0.5) is 5.69 Å². The Hall–Kier alpha value is -1.05. The number of carbonyl (C=O) groups is 1. The minimum Gasteiger partial charge on any atom is -0.325 e. The first kappa shape index (κ1) is 16.8. The summed E-state index contributed by atoms with van der Waals surface area (Å²) < 4.78 is 28.2. The van der Waals surface area contributed by atoms with Gasteiger partial charge in [0, 0.05) is 17.9 Å². The average Bonchev–Trinajstić information content (AvgIpc) is 3.08. The van der Waals surface area contributed by atoms with Crippen molar-refractivity contribution in [3.8, 4) is 0 Å². The van der Waals surface area contributed by atoms with E-state index >= 15 is 0 Å². The molecule has 0 aromatic heterocycles. The molecule has 1 aromatic rings. The number of hydrogen-bond donors (Lipinski definition) is 2. The van der Waals surface area contributed by atoms with Crippen molar-refractivity contribution < 1.29 is 13.2 Å². The Bertz CT molecular complexity index is 718. The van der Waals surface area contributed by atoms with E-state index in [0.29, 0.717) is 17.5 Å². The summed E-state index contributed by atoms with van der Waals surface area (Å²) in [6.45, 7) is 1.42. The number of sulfonamides is 1. The number of anilines is 1. The van der Waals surface area contributed by atoms with Crippen LogP contribution >= 0.6 is 11.8 Å². The van der Waals surface area contributed by atoms with Crippen molar-refractivity contribution in [2.24, 2.45) is 11.8 Å². The molecule has 2 aliphatic carbocycles. The molecule has 2 N–H and O–H groups in total. The van der Waals surface area contributed by atoms with Crippen molar-refractivity contribution in [1.82, 2.24) is 4.72 Å². The number of carbonyl (C=O) groups excluding carboxylic acids is 1. The van der Waals surface area contributed by atoms with Gasteiger partial charge in [-0.1, -0.05) is 6.42 Å². The van der Waals surface area contributed by atoms with E-state index in [1.807, 2.05) is 6.26 Å². The summed E-state index contributed by atoms with van der Waals surface area (Å²) in [4.78, 5) is 12.4. The number of rotatable bonds is 5. The van der Waals surface area contributed by atoms with Gasteiger partial charge in [-0.05, 0) is 55.6 Å². The van der Waals surface area contributed by atoms with E-state index in [-0.39, 0.29) is 16.8 Å². The Kier molecular flexibility index (Phi) is 4.71. The molecule has 0 heterocycles. The van der Waals surface area contributed by atoms with E-state index in [2.05, 4.69) is 10.0 Å². The zero-order valence-corrected chi connectivity index (χ0v) is 15.0. The van der Waals surface area contributed by atoms with E-state index < -0.39 is 10.0 Å². The van der Waals surface area contributed by atoms with Crippen molar-refractivity contribution in [2.75, 3.05) is 11.6 Å². The molecule has 0 saturated heterocycles. The molecule has 0 unspecified atom stereocenters. The second-order valence-electron chi connectivity index (χ2n) is 6.45. The van der Waals surface area contributed by atoms with E-state index in [9.17, 15) is 13.2 Å². The molecule has 126 valence electrons. The Labute approximate surface area is 141 Å². The fourth-order valence-electron chi connectivity index (χ4n) is 3.80. The van der Waals surface area contributed by atoms with E-state index in [4.69, 9.17) is 0 Å². The summed E-state index contributed by atoms with van der Waals surface area (Å²) in [6.07, 6.45) is 6.35. The van der Waals surface area contributed by atoms with Gasteiger partial charge >= 0.3 is 0 Å². The molecule has 2 saturated carbocycles. The maximum atomic E-state index is 12.7. The molecular formula is C16H22N2O3S2. The lowest BCUT2D eigenvalue weighted by Crippen LogP contribution is -2.38. The zero-order valence-electron chi connectivity index (χ0n) is 13.3. The fraction of sp³-hybridized carbons (Fsp3) is 0.562. The summed E-state index contributed by atoms with van der Waals surface area (Å²) in [5.74, 6) is 0.951. The summed E-state index contributed by atoms with van der Waals surface area (Å²) in [5, 5.41) is 2.71. The average molecular weight is 354 g/mol. The van der Waals surface area contributed by atoms with Crippen LogP contribution in [0.3, 0.4) is 0 Å². The largest absolute Gasteiger partial charge is 0.325 e. The maximum absolute atomic E-state index is 12.7. The molecule has 3 atom stereocenters. The highest BCUT2D eigenvalue weighted by Crippen LogP contribution is 2.44. The Balaban J connectivity index is 1.83. The van der Waals surface area contributed by atoms with E-state index in [1.54, 1.807) is 18.2 Å². The molecule has 0 aliphatic heterocycles. The van der Waals surface area contributed by atoms with Gasteiger partial charge in [0.2, 0.25) is 15.9 Å². The zero-order chi connectivity index (χ0) is 16.6. The number of benzene rings is 1. The van der Waals surface area contributed by atoms with Gasteiger partial charge in [0.15, 0.2) is 0 Å². The van der Waals surface area contributed by atoms with Gasteiger partial charge in [0.05, 0.1) is 10.6 Å². The highest BCUT2D eigenvalue weighted by Gasteiger charge is 2.41. The third kappa shape index (κ3) is 3.56. The molecule has 1 aromatic carbocycles. The third-order valence-corrected chi connectivity index (χ3v) is 7.12. The quantitative estimate of drug-likeness (QED) is 0.797. The van der Waals surface area contributed by atoms with Gasteiger partial charge in [-0.2, -0.15) is 0 Å². The van der Waals surface area contributed by atoms with Crippen molar-refractivity contribution in [3.63, 3.8) is 0 Å². The highest BCUT2D eigenvalue weighted by molar-refractivity contribution is 7.98. The van der Waals surface area contributed by atoms with Crippen LogP contribution in [0.15, 0.2) is 28.0 Å². The Morgan fingerprint density at radius 3 is 2.61 bits per heavy atom.